The van der Waals surface area contributed by atoms with Crippen LogP contribution in [0.25, 0.3) is 10.8 Å². The Hall–Kier alpha value is -2.13. The van der Waals surface area contributed by atoms with Crippen molar-refractivity contribution in [3.8, 4) is 0 Å². The molecular weight excluding hydrogens is 248 g/mol. The van der Waals surface area contributed by atoms with E-state index in [1.807, 2.05) is 22.9 Å². The van der Waals surface area contributed by atoms with Crippen molar-refractivity contribution in [2.45, 2.75) is 26.0 Å². The minimum atomic E-state index is -0.528. The molecule has 0 aliphatic heterocycles. The SMILES string of the molecule is CCc1ccc2cccc(C(O)Cn3ccnc3)c2c1. The van der Waals surface area contributed by atoms with Crippen molar-refractivity contribution in [2.24, 2.45) is 0 Å². The van der Waals surface area contributed by atoms with Crippen LogP contribution >= 0.6 is 0 Å². The van der Waals surface area contributed by atoms with E-state index in [4.69, 9.17) is 0 Å². The molecule has 0 aliphatic carbocycles. The van der Waals surface area contributed by atoms with E-state index in [1.54, 1.807) is 12.5 Å². The number of fused-ring (bicyclic) bond motifs is 1. The minimum absolute atomic E-state index is 0.523. The third-order valence-corrected chi connectivity index (χ3v) is 3.69. The number of imidazole rings is 1. The Balaban J connectivity index is 2.01. The van der Waals surface area contributed by atoms with Crippen LogP contribution in [0.2, 0.25) is 0 Å². The van der Waals surface area contributed by atoms with Gasteiger partial charge >= 0.3 is 0 Å². The highest BCUT2D eigenvalue weighted by molar-refractivity contribution is 5.86. The fourth-order valence-corrected chi connectivity index (χ4v) is 2.55. The first-order chi connectivity index (χ1) is 9.78. The second-order valence-electron chi connectivity index (χ2n) is 5.03. The number of rotatable bonds is 4. The molecule has 102 valence electrons. The molecule has 1 N–H and O–H groups in total. The summed E-state index contributed by atoms with van der Waals surface area (Å²) in [6.45, 7) is 2.67. The zero-order valence-corrected chi connectivity index (χ0v) is 11.5. The van der Waals surface area contributed by atoms with Crippen LogP contribution in [0.4, 0.5) is 0 Å². The Morgan fingerprint density at radius 1 is 1.25 bits per heavy atom. The van der Waals surface area contributed by atoms with E-state index in [0.29, 0.717) is 6.54 Å². The topological polar surface area (TPSA) is 38.0 Å². The molecule has 0 bridgehead atoms. The van der Waals surface area contributed by atoms with E-state index < -0.39 is 6.10 Å². The van der Waals surface area contributed by atoms with Gasteiger partial charge in [-0.15, -0.1) is 0 Å². The number of hydrogen-bond acceptors (Lipinski definition) is 2. The van der Waals surface area contributed by atoms with Crippen molar-refractivity contribution in [3.05, 3.63) is 66.2 Å². The molecule has 0 saturated carbocycles. The molecule has 0 aliphatic rings. The van der Waals surface area contributed by atoms with E-state index in [0.717, 1.165) is 17.4 Å². The highest BCUT2D eigenvalue weighted by Gasteiger charge is 2.12. The van der Waals surface area contributed by atoms with Gasteiger partial charge in [-0.1, -0.05) is 43.3 Å². The van der Waals surface area contributed by atoms with Gasteiger partial charge in [0.25, 0.3) is 0 Å². The molecule has 3 aromatic rings. The molecule has 1 heterocycles. The maximum Gasteiger partial charge on any atom is 0.0975 e. The molecule has 20 heavy (non-hydrogen) atoms. The lowest BCUT2D eigenvalue weighted by molar-refractivity contribution is 0.158. The number of aliphatic hydroxyl groups is 1. The Bertz CT molecular complexity index is 704. The molecular formula is C17H18N2O. The summed E-state index contributed by atoms with van der Waals surface area (Å²) < 4.78 is 1.90. The molecule has 1 aromatic heterocycles. The monoisotopic (exact) mass is 266 g/mol. The number of benzene rings is 2. The maximum absolute atomic E-state index is 10.5. The van der Waals surface area contributed by atoms with Crippen molar-refractivity contribution < 1.29 is 5.11 Å². The van der Waals surface area contributed by atoms with E-state index >= 15 is 0 Å². The van der Waals surface area contributed by atoms with Crippen molar-refractivity contribution in [1.82, 2.24) is 9.55 Å². The third-order valence-electron chi connectivity index (χ3n) is 3.69. The quantitative estimate of drug-likeness (QED) is 0.786. The van der Waals surface area contributed by atoms with Gasteiger partial charge in [-0.3, -0.25) is 0 Å². The van der Waals surface area contributed by atoms with E-state index in [-0.39, 0.29) is 0 Å². The summed E-state index contributed by atoms with van der Waals surface area (Å²) >= 11 is 0. The number of nitrogens with zero attached hydrogens (tertiary/aromatic N) is 2. The Morgan fingerprint density at radius 2 is 2.15 bits per heavy atom. The summed E-state index contributed by atoms with van der Waals surface area (Å²) in [4.78, 5) is 4.01. The lowest BCUT2D eigenvalue weighted by Crippen LogP contribution is -2.07. The van der Waals surface area contributed by atoms with Crippen LogP contribution in [0.1, 0.15) is 24.2 Å². The van der Waals surface area contributed by atoms with Crippen LogP contribution in [0.15, 0.2) is 55.1 Å². The van der Waals surface area contributed by atoms with Crippen molar-refractivity contribution in [3.63, 3.8) is 0 Å². The van der Waals surface area contributed by atoms with Gasteiger partial charge in [0.05, 0.1) is 19.0 Å². The average Bonchev–Trinajstić information content (AvgIpc) is 2.98. The van der Waals surface area contributed by atoms with Gasteiger partial charge in [-0.25, -0.2) is 4.98 Å². The highest BCUT2D eigenvalue weighted by atomic mass is 16.3. The van der Waals surface area contributed by atoms with Gasteiger partial charge in [0.2, 0.25) is 0 Å². The van der Waals surface area contributed by atoms with Gasteiger partial charge in [0, 0.05) is 12.4 Å². The normalized spacial score (nSPS) is 12.7. The Labute approximate surface area is 118 Å². The van der Waals surface area contributed by atoms with E-state index in [1.165, 1.54) is 10.9 Å². The first kappa shape index (κ1) is 12.9. The number of hydrogen-bond donors (Lipinski definition) is 1. The Kier molecular flexibility index (Phi) is 3.52. The van der Waals surface area contributed by atoms with E-state index in [9.17, 15) is 5.11 Å². The van der Waals surface area contributed by atoms with Gasteiger partial charge < -0.3 is 9.67 Å². The van der Waals surface area contributed by atoms with Gasteiger partial charge in [-0.05, 0) is 28.3 Å². The first-order valence-electron chi connectivity index (χ1n) is 6.93. The number of aryl methyl sites for hydroxylation is 1. The first-order valence-corrected chi connectivity index (χ1v) is 6.93. The van der Waals surface area contributed by atoms with Crippen molar-refractivity contribution in [2.75, 3.05) is 0 Å². The molecule has 2 aromatic carbocycles. The smallest absolute Gasteiger partial charge is 0.0975 e. The fraction of sp³-hybridized carbons (Fsp3) is 0.235. The van der Waals surface area contributed by atoms with Crippen LogP contribution in [0.5, 0.6) is 0 Å². The fourth-order valence-electron chi connectivity index (χ4n) is 2.55. The molecule has 3 rings (SSSR count). The molecule has 0 saturated heterocycles. The molecule has 0 fully saturated rings. The lowest BCUT2D eigenvalue weighted by Gasteiger charge is -2.15. The largest absolute Gasteiger partial charge is 0.387 e. The van der Waals surface area contributed by atoms with Crippen LogP contribution in [-0.2, 0) is 13.0 Å². The highest BCUT2D eigenvalue weighted by Crippen LogP contribution is 2.26. The Morgan fingerprint density at radius 3 is 2.90 bits per heavy atom. The maximum atomic E-state index is 10.5. The summed E-state index contributed by atoms with van der Waals surface area (Å²) in [5, 5.41) is 12.8. The molecule has 1 unspecified atom stereocenters. The van der Waals surface area contributed by atoms with Crippen LogP contribution < -0.4 is 0 Å². The van der Waals surface area contributed by atoms with Crippen molar-refractivity contribution >= 4 is 10.8 Å². The van der Waals surface area contributed by atoms with Gasteiger partial charge in [-0.2, -0.15) is 0 Å². The van der Waals surface area contributed by atoms with Crippen LogP contribution in [0, 0.1) is 0 Å². The molecule has 3 heteroatoms. The summed E-state index contributed by atoms with van der Waals surface area (Å²) in [5.41, 5.74) is 2.27. The minimum Gasteiger partial charge on any atom is -0.387 e. The van der Waals surface area contributed by atoms with Gasteiger partial charge in [0.15, 0.2) is 0 Å². The second kappa shape index (κ2) is 5.47. The zero-order chi connectivity index (χ0) is 13.9. The van der Waals surface area contributed by atoms with Gasteiger partial charge in [0.1, 0.15) is 0 Å². The lowest BCUT2D eigenvalue weighted by atomic mass is 9.97. The second-order valence-corrected chi connectivity index (χ2v) is 5.03. The van der Waals surface area contributed by atoms with Crippen molar-refractivity contribution in [1.29, 1.82) is 0 Å². The molecule has 0 spiro atoms. The zero-order valence-electron chi connectivity index (χ0n) is 11.5. The standard InChI is InChI=1S/C17H18N2O/c1-2-13-6-7-14-4-3-5-15(16(14)10-13)17(20)11-19-9-8-18-12-19/h3-10,12,17,20H,2,11H2,1H3. The van der Waals surface area contributed by atoms with E-state index in [2.05, 4.69) is 36.2 Å². The predicted molar refractivity (Wildman–Crippen MR) is 80.5 cm³/mol. The average molecular weight is 266 g/mol. The summed E-state index contributed by atoms with van der Waals surface area (Å²) in [6, 6.07) is 12.5. The summed E-state index contributed by atoms with van der Waals surface area (Å²) in [5.74, 6) is 0. The molecule has 1 atom stereocenters. The third kappa shape index (κ3) is 2.45. The predicted octanol–water partition coefficient (Wildman–Crippen LogP) is 3.33. The molecule has 0 amide bonds. The number of aliphatic hydroxyl groups excluding tert-OH is 1. The van der Waals surface area contributed by atoms with Crippen LogP contribution in [-0.4, -0.2) is 14.7 Å². The summed E-state index contributed by atoms with van der Waals surface area (Å²) in [6.07, 6.45) is 5.80. The molecule has 3 nitrogen and oxygen atoms in total. The summed E-state index contributed by atoms with van der Waals surface area (Å²) in [7, 11) is 0. The number of aromatic nitrogens is 2. The van der Waals surface area contributed by atoms with Crippen LogP contribution in [0.3, 0.4) is 0 Å². The molecule has 0 radical (unpaired) electrons.